The van der Waals surface area contributed by atoms with Gasteiger partial charge in [0.1, 0.15) is 0 Å². The Labute approximate surface area is 159 Å². The van der Waals surface area contributed by atoms with Crippen molar-refractivity contribution < 1.29 is 9.59 Å². The Balaban J connectivity index is 1.59. The van der Waals surface area contributed by atoms with Gasteiger partial charge in [0.05, 0.1) is 0 Å². The molecule has 0 spiro atoms. The quantitative estimate of drug-likeness (QED) is 0.700. The third-order valence-corrected chi connectivity index (χ3v) is 4.66. The predicted molar refractivity (Wildman–Crippen MR) is 102 cm³/mol. The number of hydrogen-bond donors (Lipinski definition) is 2. The van der Waals surface area contributed by atoms with E-state index in [2.05, 4.69) is 20.8 Å². The molecule has 2 aromatic carbocycles. The number of aryl methyl sites for hydroxylation is 1. The lowest BCUT2D eigenvalue weighted by molar-refractivity contribution is 0.0948. The normalized spacial score (nSPS) is 10.4. The number of aromatic nitrogens is 2. The molecule has 1 heterocycles. The number of anilines is 1. The standard InChI is InChI=1S/C18H15ClN4O2S/c1-11-2-8-14(9-3-11)21-16(25)18-23-22-17(26-18)15(24)20-10-12-4-6-13(19)7-5-12/h2-9H,10H2,1H3,(H,20,24)(H,21,25). The summed E-state index contributed by atoms with van der Waals surface area (Å²) in [5.41, 5.74) is 2.66. The van der Waals surface area contributed by atoms with Crippen molar-refractivity contribution >= 4 is 40.4 Å². The van der Waals surface area contributed by atoms with E-state index in [0.29, 0.717) is 17.3 Å². The van der Waals surface area contributed by atoms with Crippen LogP contribution in [0.4, 0.5) is 5.69 Å². The Hall–Kier alpha value is -2.77. The van der Waals surface area contributed by atoms with Crippen molar-refractivity contribution in [2.24, 2.45) is 0 Å². The van der Waals surface area contributed by atoms with Crippen molar-refractivity contribution in [3.8, 4) is 0 Å². The molecule has 0 aliphatic carbocycles. The fraction of sp³-hybridized carbons (Fsp3) is 0.111. The monoisotopic (exact) mass is 386 g/mol. The second kappa shape index (κ2) is 8.07. The van der Waals surface area contributed by atoms with Gasteiger partial charge < -0.3 is 10.6 Å². The summed E-state index contributed by atoms with van der Waals surface area (Å²) >= 11 is 6.77. The smallest absolute Gasteiger partial charge is 0.286 e. The summed E-state index contributed by atoms with van der Waals surface area (Å²) in [6.45, 7) is 2.30. The Morgan fingerprint density at radius 2 is 1.58 bits per heavy atom. The predicted octanol–water partition coefficient (Wildman–Crippen LogP) is 3.68. The van der Waals surface area contributed by atoms with Crippen molar-refractivity contribution in [1.82, 2.24) is 15.5 Å². The first-order chi connectivity index (χ1) is 12.5. The summed E-state index contributed by atoms with van der Waals surface area (Å²) in [5, 5.41) is 13.9. The van der Waals surface area contributed by atoms with E-state index >= 15 is 0 Å². The lowest BCUT2D eigenvalue weighted by Gasteiger charge is -2.03. The second-order valence-corrected chi connectivity index (χ2v) is 6.96. The van der Waals surface area contributed by atoms with Crippen LogP contribution in [0.1, 0.15) is 30.7 Å². The highest BCUT2D eigenvalue weighted by Crippen LogP contribution is 2.14. The average Bonchev–Trinajstić information content (AvgIpc) is 3.13. The fourth-order valence-corrected chi connectivity index (χ4v) is 2.87. The summed E-state index contributed by atoms with van der Waals surface area (Å²) < 4.78 is 0. The van der Waals surface area contributed by atoms with Gasteiger partial charge >= 0.3 is 0 Å². The van der Waals surface area contributed by atoms with Crippen LogP contribution in [0.5, 0.6) is 0 Å². The third kappa shape index (κ3) is 4.65. The van der Waals surface area contributed by atoms with Crippen LogP contribution in [0, 0.1) is 6.92 Å². The van der Waals surface area contributed by atoms with Gasteiger partial charge in [-0.15, -0.1) is 10.2 Å². The molecule has 0 saturated carbocycles. The molecule has 0 radical (unpaired) electrons. The minimum atomic E-state index is -0.400. The largest absolute Gasteiger partial charge is 0.346 e. The minimum Gasteiger partial charge on any atom is -0.346 e. The number of benzene rings is 2. The summed E-state index contributed by atoms with van der Waals surface area (Å²) in [6, 6.07) is 14.5. The maximum absolute atomic E-state index is 12.2. The van der Waals surface area contributed by atoms with Crippen molar-refractivity contribution in [1.29, 1.82) is 0 Å². The molecule has 3 rings (SSSR count). The molecule has 26 heavy (non-hydrogen) atoms. The number of amides is 2. The molecule has 8 heteroatoms. The molecule has 0 bridgehead atoms. The zero-order valence-electron chi connectivity index (χ0n) is 13.8. The van der Waals surface area contributed by atoms with Crippen LogP contribution in [0.25, 0.3) is 0 Å². The molecule has 1 aromatic heterocycles. The molecular weight excluding hydrogens is 372 g/mol. The summed E-state index contributed by atoms with van der Waals surface area (Å²) in [5.74, 6) is -0.782. The maximum atomic E-state index is 12.2. The van der Waals surface area contributed by atoms with Gasteiger partial charge in [0, 0.05) is 17.3 Å². The molecule has 6 nitrogen and oxygen atoms in total. The van der Waals surface area contributed by atoms with Crippen LogP contribution in [-0.2, 0) is 6.54 Å². The van der Waals surface area contributed by atoms with Crippen molar-refractivity contribution in [3.63, 3.8) is 0 Å². The molecule has 0 fully saturated rings. The summed E-state index contributed by atoms with van der Waals surface area (Å²) in [7, 11) is 0. The topological polar surface area (TPSA) is 84.0 Å². The Kier molecular flexibility index (Phi) is 5.60. The highest BCUT2D eigenvalue weighted by molar-refractivity contribution is 7.15. The number of rotatable bonds is 5. The maximum Gasteiger partial charge on any atom is 0.286 e. The Morgan fingerprint density at radius 3 is 2.23 bits per heavy atom. The van der Waals surface area contributed by atoms with Crippen LogP contribution in [-0.4, -0.2) is 22.0 Å². The highest BCUT2D eigenvalue weighted by atomic mass is 35.5. The van der Waals surface area contributed by atoms with Gasteiger partial charge in [0.15, 0.2) is 0 Å². The molecule has 132 valence electrons. The van der Waals surface area contributed by atoms with E-state index in [1.54, 1.807) is 24.3 Å². The first-order valence-electron chi connectivity index (χ1n) is 7.75. The molecule has 0 unspecified atom stereocenters. The zero-order chi connectivity index (χ0) is 18.5. The van der Waals surface area contributed by atoms with Gasteiger partial charge in [0.2, 0.25) is 10.0 Å². The van der Waals surface area contributed by atoms with Gasteiger partial charge in [-0.25, -0.2) is 0 Å². The van der Waals surface area contributed by atoms with E-state index < -0.39 is 5.91 Å². The summed E-state index contributed by atoms with van der Waals surface area (Å²) in [4.78, 5) is 24.4. The minimum absolute atomic E-state index is 0.127. The second-order valence-electron chi connectivity index (χ2n) is 5.54. The van der Waals surface area contributed by atoms with Crippen molar-refractivity contribution in [3.05, 3.63) is 74.7 Å². The molecule has 3 aromatic rings. The van der Waals surface area contributed by atoms with Crippen LogP contribution in [0.3, 0.4) is 0 Å². The number of hydrogen-bond acceptors (Lipinski definition) is 5. The Morgan fingerprint density at radius 1 is 0.962 bits per heavy atom. The average molecular weight is 387 g/mol. The van der Waals surface area contributed by atoms with Gasteiger partial charge in [-0.1, -0.05) is 52.8 Å². The molecule has 2 amide bonds. The SMILES string of the molecule is Cc1ccc(NC(=O)c2nnc(C(=O)NCc3ccc(Cl)cc3)s2)cc1. The van der Waals surface area contributed by atoms with Gasteiger partial charge in [0.25, 0.3) is 11.8 Å². The third-order valence-electron chi connectivity index (χ3n) is 3.49. The molecule has 0 atom stereocenters. The van der Waals surface area contributed by atoms with Crippen LogP contribution >= 0.6 is 22.9 Å². The van der Waals surface area contributed by atoms with Gasteiger partial charge in [-0.2, -0.15) is 0 Å². The van der Waals surface area contributed by atoms with Crippen LogP contribution in [0.15, 0.2) is 48.5 Å². The van der Waals surface area contributed by atoms with E-state index in [1.807, 2.05) is 31.2 Å². The lowest BCUT2D eigenvalue weighted by atomic mass is 10.2. The zero-order valence-corrected chi connectivity index (χ0v) is 15.4. The summed E-state index contributed by atoms with van der Waals surface area (Å²) in [6.07, 6.45) is 0. The molecule has 0 aliphatic heterocycles. The van der Waals surface area contributed by atoms with Gasteiger partial charge in [-0.3, -0.25) is 9.59 Å². The molecule has 0 saturated heterocycles. The first kappa shape index (κ1) is 18.0. The van der Waals surface area contributed by atoms with Gasteiger partial charge in [-0.05, 0) is 36.8 Å². The van der Waals surface area contributed by atoms with Crippen molar-refractivity contribution in [2.45, 2.75) is 13.5 Å². The lowest BCUT2D eigenvalue weighted by Crippen LogP contribution is -2.22. The Bertz CT molecular complexity index is 923. The van der Waals surface area contributed by atoms with Crippen LogP contribution < -0.4 is 10.6 Å². The fourth-order valence-electron chi connectivity index (χ4n) is 2.09. The number of carbonyl (C=O) groups is 2. The molecular formula is C18H15ClN4O2S. The molecule has 0 aliphatic rings. The van der Waals surface area contributed by atoms with Crippen molar-refractivity contribution in [2.75, 3.05) is 5.32 Å². The number of nitrogens with one attached hydrogen (secondary N) is 2. The highest BCUT2D eigenvalue weighted by Gasteiger charge is 2.17. The first-order valence-corrected chi connectivity index (χ1v) is 8.95. The molecule has 2 N–H and O–H groups in total. The van der Waals surface area contributed by atoms with E-state index in [9.17, 15) is 9.59 Å². The van der Waals surface area contributed by atoms with E-state index in [-0.39, 0.29) is 15.9 Å². The van der Waals surface area contributed by atoms with Crippen LogP contribution in [0.2, 0.25) is 5.02 Å². The number of halogens is 1. The number of nitrogens with zero attached hydrogens (tertiary/aromatic N) is 2. The van der Waals surface area contributed by atoms with E-state index in [4.69, 9.17) is 11.6 Å². The van der Waals surface area contributed by atoms with E-state index in [0.717, 1.165) is 22.5 Å². The number of carbonyl (C=O) groups excluding carboxylic acids is 2. The van der Waals surface area contributed by atoms with E-state index in [1.165, 1.54) is 0 Å².